The Kier molecular flexibility index (Phi) is 6.72. The van der Waals surface area contributed by atoms with Gasteiger partial charge in [0.25, 0.3) is 0 Å². The standard InChI is InChI=1S/C13H28N2O2/c1-6-10(4)11(14)12(16)15-8-13(5,17)7-9(2)3/h9-11,17H,6-8,14H2,1-5H3,(H,15,16)/t10-,11-,13?/m0/s1. The van der Waals surface area contributed by atoms with Crippen molar-refractivity contribution in [3.63, 3.8) is 0 Å². The second kappa shape index (κ2) is 6.97. The summed E-state index contributed by atoms with van der Waals surface area (Å²) in [6, 6.07) is -0.491. The number of nitrogens with one attached hydrogen (secondary N) is 1. The van der Waals surface area contributed by atoms with E-state index < -0.39 is 11.6 Å². The summed E-state index contributed by atoms with van der Waals surface area (Å²) in [4.78, 5) is 11.7. The zero-order chi connectivity index (χ0) is 13.6. The number of amides is 1. The highest BCUT2D eigenvalue weighted by atomic mass is 16.3. The van der Waals surface area contributed by atoms with Gasteiger partial charge in [-0.3, -0.25) is 4.79 Å². The Balaban J connectivity index is 4.15. The van der Waals surface area contributed by atoms with Crippen LogP contribution in [-0.4, -0.2) is 29.2 Å². The molecule has 17 heavy (non-hydrogen) atoms. The molecular weight excluding hydrogens is 216 g/mol. The molecule has 3 atom stereocenters. The molecule has 4 nitrogen and oxygen atoms in total. The van der Waals surface area contributed by atoms with Gasteiger partial charge in [0, 0.05) is 6.54 Å². The van der Waals surface area contributed by atoms with Crippen molar-refractivity contribution in [2.45, 2.75) is 59.1 Å². The van der Waals surface area contributed by atoms with Crippen LogP contribution < -0.4 is 11.1 Å². The van der Waals surface area contributed by atoms with E-state index in [0.29, 0.717) is 12.3 Å². The van der Waals surface area contributed by atoms with Crippen LogP contribution in [0.25, 0.3) is 0 Å². The predicted octanol–water partition coefficient (Wildman–Crippen LogP) is 1.27. The third-order valence-corrected chi connectivity index (χ3v) is 3.05. The molecule has 102 valence electrons. The Bertz CT molecular complexity index is 240. The van der Waals surface area contributed by atoms with Crippen molar-refractivity contribution in [2.75, 3.05) is 6.54 Å². The first-order chi connectivity index (χ1) is 7.69. The van der Waals surface area contributed by atoms with Crippen molar-refractivity contribution >= 4 is 5.91 Å². The average molecular weight is 244 g/mol. The summed E-state index contributed by atoms with van der Waals surface area (Å²) in [5.74, 6) is 0.374. The number of carbonyl (C=O) groups is 1. The molecule has 0 aromatic carbocycles. The SMILES string of the molecule is CC[C@H](C)[C@H](N)C(=O)NCC(C)(O)CC(C)C. The van der Waals surface area contributed by atoms with Gasteiger partial charge in [-0.05, 0) is 25.2 Å². The van der Waals surface area contributed by atoms with Crippen LogP contribution >= 0.6 is 0 Å². The molecule has 4 N–H and O–H groups in total. The lowest BCUT2D eigenvalue weighted by Crippen LogP contribution is -2.49. The fourth-order valence-corrected chi connectivity index (χ4v) is 1.86. The maximum atomic E-state index is 11.7. The Morgan fingerprint density at radius 1 is 1.41 bits per heavy atom. The van der Waals surface area contributed by atoms with E-state index >= 15 is 0 Å². The van der Waals surface area contributed by atoms with Crippen LogP contribution in [-0.2, 0) is 4.79 Å². The summed E-state index contributed by atoms with van der Waals surface area (Å²) in [7, 11) is 0. The molecule has 0 aromatic rings. The molecule has 0 aromatic heterocycles. The molecule has 0 saturated carbocycles. The van der Waals surface area contributed by atoms with Gasteiger partial charge in [0.15, 0.2) is 0 Å². The summed E-state index contributed by atoms with van der Waals surface area (Å²) in [6.07, 6.45) is 1.53. The number of rotatable bonds is 7. The number of nitrogens with two attached hydrogens (primary N) is 1. The largest absolute Gasteiger partial charge is 0.388 e. The molecule has 1 unspecified atom stereocenters. The first kappa shape index (κ1) is 16.4. The molecule has 4 heteroatoms. The quantitative estimate of drug-likeness (QED) is 0.631. The van der Waals surface area contributed by atoms with Crippen LogP contribution in [0.2, 0.25) is 0 Å². The topological polar surface area (TPSA) is 75.4 Å². The second-order valence-electron chi connectivity index (χ2n) is 5.72. The highest BCUT2D eigenvalue weighted by Crippen LogP contribution is 2.15. The smallest absolute Gasteiger partial charge is 0.237 e. The molecule has 0 radical (unpaired) electrons. The second-order valence-corrected chi connectivity index (χ2v) is 5.72. The van der Waals surface area contributed by atoms with Crippen molar-refractivity contribution < 1.29 is 9.90 Å². The molecule has 0 aliphatic rings. The van der Waals surface area contributed by atoms with Gasteiger partial charge in [0.1, 0.15) is 0 Å². The molecule has 0 aliphatic heterocycles. The van der Waals surface area contributed by atoms with Gasteiger partial charge in [0.05, 0.1) is 11.6 Å². The Labute approximate surface area is 105 Å². The molecule has 1 amide bonds. The van der Waals surface area contributed by atoms with E-state index in [9.17, 15) is 9.90 Å². The summed E-state index contributed by atoms with van der Waals surface area (Å²) >= 11 is 0. The Hall–Kier alpha value is -0.610. The average Bonchev–Trinajstić information content (AvgIpc) is 2.22. The number of aliphatic hydroxyl groups is 1. The van der Waals surface area contributed by atoms with Crippen LogP contribution in [0, 0.1) is 11.8 Å². The molecule has 0 fully saturated rings. The predicted molar refractivity (Wildman–Crippen MR) is 70.5 cm³/mol. The lowest BCUT2D eigenvalue weighted by atomic mass is 9.93. The van der Waals surface area contributed by atoms with Crippen molar-refractivity contribution in [3.8, 4) is 0 Å². The zero-order valence-electron chi connectivity index (χ0n) is 11.8. The summed E-state index contributed by atoms with van der Waals surface area (Å²) < 4.78 is 0. The van der Waals surface area contributed by atoms with Crippen molar-refractivity contribution in [1.82, 2.24) is 5.32 Å². The Morgan fingerprint density at radius 2 is 1.94 bits per heavy atom. The van der Waals surface area contributed by atoms with E-state index in [-0.39, 0.29) is 18.4 Å². The maximum absolute atomic E-state index is 11.7. The van der Waals surface area contributed by atoms with Crippen molar-refractivity contribution in [2.24, 2.45) is 17.6 Å². The van der Waals surface area contributed by atoms with E-state index in [1.54, 1.807) is 6.92 Å². The maximum Gasteiger partial charge on any atom is 0.237 e. The van der Waals surface area contributed by atoms with Gasteiger partial charge >= 0.3 is 0 Å². The van der Waals surface area contributed by atoms with E-state index in [1.165, 1.54) is 0 Å². The summed E-state index contributed by atoms with van der Waals surface area (Å²) in [5, 5.41) is 12.8. The van der Waals surface area contributed by atoms with Crippen LogP contribution in [0.4, 0.5) is 0 Å². The highest BCUT2D eigenvalue weighted by Gasteiger charge is 2.25. The number of hydrogen-bond acceptors (Lipinski definition) is 3. The van der Waals surface area contributed by atoms with Crippen molar-refractivity contribution in [3.05, 3.63) is 0 Å². The van der Waals surface area contributed by atoms with E-state index in [2.05, 4.69) is 5.32 Å². The molecule has 0 spiro atoms. The van der Waals surface area contributed by atoms with Crippen LogP contribution in [0.1, 0.15) is 47.5 Å². The lowest BCUT2D eigenvalue weighted by molar-refractivity contribution is -0.124. The molecule has 0 rings (SSSR count). The van der Waals surface area contributed by atoms with Gasteiger partial charge in [-0.15, -0.1) is 0 Å². The zero-order valence-corrected chi connectivity index (χ0v) is 11.8. The number of carbonyl (C=O) groups excluding carboxylic acids is 1. The minimum absolute atomic E-state index is 0.157. The fraction of sp³-hybridized carbons (Fsp3) is 0.923. The highest BCUT2D eigenvalue weighted by molar-refractivity contribution is 5.81. The normalized spacial score (nSPS) is 18.6. The van der Waals surface area contributed by atoms with Gasteiger partial charge in [-0.25, -0.2) is 0 Å². The van der Waals surface area contributed by atoms with E-state index in [4.69, 9.17) is 5.73 Å². The molecule has 0 saturated heterocycles. The Morgan fingerprint density at radius 3 is 2.35 bits per heavy atom. The fourth-order valence-electron chi connectivity index (χ4n) is 1.86. The molecule has 0 aliphatic carbocycles. The monoisotopic (exact) mass is 244 g/mol. The third kappa shape index (κ3) is 6.64. The number of hydrogen-bond donors (Lipinski definition) is 3. The third-order valence-electron chi connectivity index (χ3n) is 3.05. The van der Waals surface area contributed by atoms with Gasteiger partial charge in [-0.1, -0.05) is 34.1 Å². The lowest BCUT2D eigenvalue weighted by Gasteiger charge is -2.27. The molecular formula is C13H28N2O2. The van der Waals surface area contributed by atoms with Gasteiger partial charge in [0.2, 0.25) is 5.91 Å². The van der Waals surface area contributed by atoms with Crippen molar-refractivity contribution in [1.29, 1.82) is 0 Å². The summed E-state index contributed by atoms with van der Waals surface area (Å²) in [5.41, 5.74) is 4.95. The van der Waals surface area contributed by atoms with E-state index in [1.807, 2.05) is 27.7 Å². The van der Waals surface area contributed by atoms with Gasteiger partial charge < -0.3 is 16.2 Å². The first-order valence-corrected chi connectivity index (χ1v) is 6.45. The van der Waals surface area contributed by atoms with E-state index in [0.717, 1.165) is 6.42 Å². The van der Waals surface area contributed by atoms with Gasteiger partial charge in [-0.2, -0.15) is 0 Å². The van der Waals surface area contributed by atoms with Crippen LogP contribution in [0.15, 0.2) is 0 Å². The molecule has 0 heterocycles. The van der Waals surface area contributed by atoms with Crippen LogP contribution in [0.3, 0.4) is 0 Å². The minimum Gasteiger partial charge on any atom is -0.388 e. The van der Waals surface area contributed by atoms with Crippen LogP contribution in [0.5, 0.6) is 0 Å². The first-order valence-electron chi connectivity index (χ1n) is 6.45. The minimum atomic E-state index is -0.862. The molecule has 0 bridgehead atoms. The summed E-state index contributed by atoms with van der Waals surface area (Å²) in [6.45, 7) is 10.0.